The maximum atomic E-state index is 13.3. The fourth-order valence-electron chi connectivity index (χ4n) is 3.99. The Balaban J connectivity index is 1.82. The van der Waals surface area contributed by atoms with Gasteiger partial charge in [-0.15, -0.1) is 0 Å². The minimum Gasteiger partial charge on any atom is -0.497 e. The van der Waals surface area contributed by atoms with E-state index in [4.69, 9.17) is 9.26 Å². The van der Waals surface area contributed by atoms with Gasteiger partial charge in [0.05, 0.1) is 19.2 Å². The van der Waals surface area contributed by atoms with Crippen molar-refractivity contribution < 1.29 is 22.5 Å². The van der Waals surface area contributed by atoms with Gasteiger partial charge in [0.2, 0.25) is 15.9 Å². The number of hydrogen-bond acceptors (Lipinski definition) is 6. The summed E-state index contributed by atoms with van der Waals surface area (Å²) >= 11 is 0. The lowest BCUT2D eigenvalue weighted by atomic mass is 10.00. The molecule has 2 heterocycles. The number of aromatic nitrogens is 1. The van der Waals surface area contributed by atoms with Crippen molar-refractivity contribution in [2.24, 2.45) is 0 Å². The number of sulfonamides is 1. The van der Waals surface area contributed by atoms with Crippen LogP contribution in [0.25, 0.3) is 0 Å². The van der Waals surface area contributed by atoms with Gasteiger partial charge in [-0.3, -0.25) is 4.79 Å². The molecule has 1 aromatic carbocycles. The van der Waals surface area contributed by atoms with Gasteiger partial charge in [-0.05, 0) is 51.3 Å². The number of aryl methyl sites for hydroxylation is 2. The number of methoxy groups -OCH3 is 1. The Morgan fingerprint density at radius 3 is 2.53 bits per heavy atom. The summed E-state index contributed by atoms with van der Waals surface area (Å²) in [5.41, 5.74) is 1.29. The van der Waals surface area contributed by atoms with E-state index in [2.05, 4.69) is 9.88 Å². The lowest BCUT2D eigenvalue weighted by molar-refractivity contribution is -0.135. The van der Waals surface area contributed by atoms with Gasteiger partial charge >= 0.3 is 0 Å². The van der Waals surface area contributed by atoms with E-state index < -0.39 is 16.1 Å². The molecule has 0 spiro atoms. The second-order valence-electron chi connectivity index (χ2n) is 7.67. The average Bonchev–Trinajstić information content (AvgIpc) is 2.92. The quantitative estimate of drug-likeness (QED) is 0.748. The Hall–Kier alpha value is -2.39. The van der Waals surface area contributed by atoms with Gasteiger partial charge in [0, 0.05) is 6.54 Å². The van der Waals surface area contributed by atoms with E-state index in [0.29, 0.717) is 6.54 Å². The standard InChI is InChI=1S/C21H29N3O5S/c1-14-20(16(3)29-22-14)30(26,27)23-15(2)21(25)24-13-7-5-6-8-19(24)17-9-11-18(28-4)12-10-17/h9-12,15,19,23H,5-8,13H2,1-4H3/t15-,19?/m0/s1. The average molecular weight is 436 g/mol. The number of rotatable bonds is 6. The van der Waals surface area contributed by atoms with Gasteiger partial charge in [0.25, 0.3) is 0 Å². The molecular formula is C21H29N3O5S. The van der Waals surface area contributed by atoms with Gasteiger partial charge < -0.3 is 14.2 Å². The van der Waals surface area contributed by atoms with E-state index in [9.17, 15) is 13.2 Å². The van der Waals surface area contributed by atoms with Crippen LogP contribution in [-0.4, -0.2) is 44.1 Å². The topological polar surface area (TPSA) is 102 Å². The van der Waals surface area contributed by atoms with Gasteiger partial charge in [-0.1, -0.05) is 30.1 Å². The number of carbonyl (C=O) groups is 1. The van der Waals surface area contributed by atoms with Crippen molar-refractivity contribution in [3.05, 3.63) is 41.3 Å². The summed E-state index contributed by atoms with van der Waals surface area (Å²) in [6.07, 6.45) is 3.78. The highest BCUT2D eigenvalue weighted by molar-refractivity contribution is 7.89. The SMILES string of the molecule is COc1ccc(C2CCCCCN2C(=O)[C@H](C)NS(=O)(=O)c2c(C)noc2C)cc1. The summed E-state index contributed by atoms with van der Waals surface area (Å²) in [7, 11) is -2.32. The minimum atomic E-state index is -3.93. The third kappa shape index (κ3) is 4.67. The molecule has 0 aliphatic carbocycles. The van der Waals surface area contributed by atoms with E-state index in [0.717, 1.165) is 37.0 Å². The summed E-state index contributed by atoms with van der Waals surface area (Å²) in [4.78, 5) is 15.1. The highest BCUT2D eigenvalue weighted by Gasteiger charge is 2.33. The summed E-state index contributed by atoms with van der Waals surface area (Å²) in [5.74, 6) is 0.712. The molecule has 0 bridgehead atoms. The molecule has 30 heavy (non-hydrogen) atoms. The number of benzene rings is 1. The molecule has 164 valence electrons. The molecule has 1 unspecified atom stereocenters. The molecule has 8 nitrogen and oxygen atoms in total. The van der Waals surface area contributed by atoms with Gasteiger partial charge in [0.1, 0.15) is 16.3 Å². The molecule has 1 aromatic heterocycles. The molecule has 1 aliphatic heterocycles. The summed E-state index contributed by atoms with van der Waals surface area (Å²) < 4.78 is 38.4. The van der Waals surface area contributed by atoms with Crippen LogP contribution < -0.4 is 9.46 Å². The monoisotopic (exact) mass is 435 g/mol. The Morgan fingerprint density at radius 2 is 1.93 bits per heavy atom. The zero-order valence-corrected chi connectivity index (χ0v) is 18.7. The predicted molar refractivity (Wildman–Crippen MR) is 112 cm³/mol. The van der Waals surface area contributed by atoms with Gasteiger partial charge in [0.15, 0.2) is 5.76 Å². The number of nitrogens with one attached hydrogen (secondary N) is 1. The van der Waals surface area contributed by atoms with Crippen molar-refractivity contribution in [1.82, 2.24) is 14.8 Å². The summed E-state index contributed by atoms with van der Waals surface area (Å²) in [6, 6.07) is 6.68. The van der Waals surface area contributed by atoms with Crippen molar-refractivity contribution in [1.29, 1.82) is 0 Å². The first kappa shape index (κ1) is 22.3. The van der Waals surface area contributed by atoms with Crippen molar-refractivity contribution in [3.8, 4) is 5.75 Å². The molecular weight excluding hydrogens is 406 g/mol. The molecule has 1 saturated heterocycles. The normalized spacial score (nSPS) is 18.7. The second kappa shape index (κ2) is 9.18. The van der Waals surface area contributed by atoms with Crippen LogP contribution in [0.2, 0.25) is 0 Å². The van der Waals surface area contributed by atoms with Crippen LogP contribution in [0.3, 0.4) is 0 Å². The molecule has 1 aliphatic rings. The number of hydrogen-bond donors (Lipinski definition) is 1. The van der Waals surface area contributed by atoms with Crippen LogP contribution in [0.15, 0.2) is 33.7 Å². The predicted octanol–water partition coefficient (Wildman–Crippen LogP) is 3.11. The molecule has 0 radical (unpaired) electrons. The molecule has 2 aromatic rings. The Labute approximate surface area is 177 Å². The lowest BCUT2D eigenvalue weighted by Crippen LogP contribution is -2.48. The fourth-order valence-corrected chi connectivity index (χ4v) is 5.52. The Bertz CT molecular complexity index is 965. The van der Waals surface area contributed by atoms with Crippen LogP contribution in [0.5, 0.6) is 5.75 Å². The van der Waals surface area contributed by atoms with Crippen molar-refractivity contribution >= 4 is 15.9 Å². The van der Waals surface area contributed by atoms with Gasteiger partial charge in [-0.2, -0.15) is 4.72 Å². The first-order valence-electron chi connectivity index (χ1n) is 10.1. The number of amides is 1. The van der Waals surface area contributed by atoms with Gasteiger partial charge in [-0.25, -0.2) is 8.42 Å². The molecule has 1 amide bonds. The van der Waals surface area contributed by atoms with Crippen LogP contribution in [0, 0.1) is 13.8 Å². The Morgan fingerprint density at radius 1 is 1.23 bits per heavy atom. The van der Waals surface area contributed by atoms with E-state index in [1.54, 1.807) is 25.9 Å². The van der Waals surface area contributed by atoms with Crippen molar-refractivity contribution in [2.45, 2.75) is 63.4 Å². The zero-order valence-electron chi connectivity index (χ0n) is 17.8. The zero-order chi connectivity index (χ0) is 21.9. The molecule has 3 rings (SSSR count). The summed E-state index contributed by atoms with van der Waals surface area (Å²) in [6.45, 7) is 5.27. The maximum absolute atomic E-state index is 13.3. The molecule has 1 N–H and O–H groups in total. The number of carbonyl (C=O) groups excluding carboxylic acids is 1. The second-order valence-corrected chi connectivity index (χ2v) is 9.32. The van der Waals surface area contributed by atoms with E-state index in [-0.39, 0.29) is 28.3 Å². The van der Waals surface area contributed by atoms with E-state index in [1.165, 1.54) is 6.92 Å². The van der Waals surface area contributed by atoms with Crippen molar-refractivity contribution in [2.75, 3.05) is 13.7 Å². The third-order valence-electron chi connectivity index (χ3n) is 5.48. The molecule has 2 atom stereocenters. The van der Waals surface area contributed by atoms with Crippen LogP contribution in [0.4, 0.5) is 0 Å². The smallest absolute Gasteiger partial charge is 0.246 e. The highest BCUT2D eigenvalue weighted by Crippen LogP contribution is 2.32. The molecule has 1 fully saturated rings. The van der Waals surface area contributed by atoms with Crippen molar-refractivity contribution in [3.63, 3.8) is 0 Å². The fraction of sp³-hybridized carbons (Fsp3) is 0.524. The van der Waals surface area contributed by atoms with E-state index >= 15 is 0 Å². The largest absolute Gasteiger partial charge is 0.497 e. The van der Waals surface area contributed by atoms with Crippen LogP contribution in [-0.2, 0) is 14.8 Å². The lowest BCUT2D eigenvalue weighted by Gasteiger charge is -2.32. The van der Waals surface area contributed by atoms with E-state index in [1.807, 2.05) is 24.3 Å². The third-order valence-corrected chi connectivity index (χ3v) is 7.26. The minimum absolute atomic E-state index is 0.00952. The molecule has 9 heteroatoms. The maximum Gasteiger partial charge on any atom is 0.246 e. The molecule has 0 saturated carbocycles. The first-order chi connectivity index (χ1) is 14.2. The summed E-state index contributed by atoms with van der Waals surface area (Å²) in [5, 5.41) is 3.70. The number of ether oxygens (including phenoxy) is 1. The highest BCUT2D eigenvalue weighted by atomic mass is 32.2. The number of nitrogens with zero attached hydrogens (tertiary/aromatic N) is 2. The number of likely N-dealkylation sites (tertiary alicyclic amines) is 1. The first-order valence-corrected chi connectivity index (χ1v) is 11.6. The van der Waals surface area contributed by atoms with Crippen LogP contribution >= 0.6 is 0 Å². The van der Waals surface area contributed by atoms with Crippen LogP contribution in [0.1, 0.15) is 55.7 Å². The Kier molecular flexibility index (Phi) is 6.82.